The number of rotatable bonds is 0. The zero-order valence-electron chi connectivity index (χ0n) is 3.26. The van der Waals surface area contributed by atoms with E-state index in [1.807, 2.05) is 0 Å². The molecule has 0 aromatic heterocycles. The number of hydrogen-bond donors (Lipinski definition) is 0. The van der Waals surface area contributed by atoms with E-state index in [1.165, 1.54) is 0 Å². The van der Waals surface area contributed by atoms with Crippen molar-refractivity contribution in [3.8, 4) is 0 Å². The number of halogens is 1. The molecule has 0 atom stereocenters. The zero-order valence-corrected chi connectivity index (χ0v) is 8.72. The molecule has 6 heavy (non-hydrogen) atoms. The van der Waals surface area contributed by atoms with Crippen LogP contribution in [0.3, 0.4) is 0 Å². The van der Waals surface area contributed by atoms with Crippen LogP contribution in [0.15, 0.2) is 20.1 Å². The van der Waals surface area contributed by atoms with Crippen molar-refractivity contribution in [1.29, 1.82) is 0 Å². The average Bonchev–Trinajstić information content (AvgIpc) is 1.72. The molecule has 0 spiro atoms. The van der Waals surface area contributed by atoms with Crippen LogP contribution in [-0.2, 0) is 0 Å². The van der Waals surface area contributed by atoms with Crippen molar-refractivity contribution in [2.24, 2.45) is 0 Å². The van der Waals surface area contributed by atoms with Crippen LogP contribution in [0.4, 0.5) is 0 Å². The first-order valence-corrected chi connectivity index (χ1v) is 14.5. The van der Waals surface area contributed by atoms with Gasteiger partial charge in [0.25, 0.3) is 0 Å². The molecule has 2 heteroatoms. The van der Waals surface area contributed by atoms with E-state index in [4.69, 9.17) is 0 Å². The molecule has 1 aliphatic heterocycles. The molecule has 30 valence electrons. The van der Waals surface area contributed by atoms with Gasteiger partial charge in [0, 0.05) is 0 Å². The van der Waals surface area contributed by atoms with Crippen LogP contribution in [-0.4, -0.2) is 18.1 Å². The van der Waals surface area contributed by atoms with Crippen LogP contribution in [0.2, 0.25) is 0 Å². The Kier molecular flexibility index (Phi) is 2.72. The quantitative estimate of drug-likeness (QED) is 0.596. The van der Waals surface area contributed by atoms with E-state index < -0.39 is 0 Å². The van der Waals surface area contributed by atoms with E-state index >= 15 is 0 Å². The Balaban J connectivity index is 2.77. The maximum atomic E-state index is 2.42. The van der Waals surface area contributed by atoms with Gasteiger partial charge in [0.1, 0.15) is 0 Å². The van der Waals surface area contributed by atoms with Crippen LogP contribution in [0.5, 0.6) is 0 Å². The molecule has 1 rings (SSSR count). The van der Waals surface area contributed by atoms with Crippen molar-refractivity contribution in [2.45, 2.75) is 0 Å². The molecule has 1 aliphatic rings. The summed E-state index contributed by atoms with van der Waals surface area (Å²) in [5.41, 5.74) is 0. The van der Waals surface area contributed by atoms with Gasteiger partial charge < -0.3 is 0 Å². The second kappa shape index (κ2) is 3.13. The van der Waals surface area contributed by atoms with Crippen molar-refractivity contribution >= 4 is 34.2 Å². The Morgan fingerprint density at radius 1 is 1.33 bits per heavy atom. The van der Waals surface area contributed by atoms with Gasteiger partial charge >= 0.3 is 54.3 Å². The van der Waals surface area contributed by atoms with Crippen molar-refractivity contribution in [2.75, 3.05) is 0 Å². The summed E-state index contributed by atoms with van der Waals surface area (Å²) in [6.07, 6.45) is 4.38. The predicted molar refractivity (Wildman–Crippen MR) is 38.1 cm³/mol. The van der Waals surface area contributed by atoms with Gasteiger partial charge in [-0.2, -0.15) is 0 Å². The zero-order chi connectivity index (χ0) is 4.24. The first-order chi connectivity index (χ1) is 3.00. The minimum absolute atomic E-state index is 0.0138. The summed E-state index contributed by atoms with van der Waals surface area (Å²) in [4.78, 5) is 0. The Morgan fingerprint density at radius 3 is 2.50 bits per heavy atom. The average molecular weight is 294 g/mol. The fourth-order valence-electron chi connectivity index (χ4n) is 0.274. The van der Waals surface area contributed by atoms with Crippen LogP contribution in [0, 0.1) is 0 Å². The van der Waals surface area contributed by atoms with Crippen LogP contribution in [0.1, 0.15) is 0 Å². The molecule has 0 aliphatic carbocycles. The minimum atomic E-state index is -0.0138. The fraction of sp³-hybridized carbons (Fsp3) is 0. The standard InChI is InChI=1S/C4H4I.In/c1-2-3-4-5;/h1-4H;. The van der Waals surface area contributed by atoms with Gasteiger partial charge in [0.2, 0.25) is 0 Å². The second-order valence-corrected chi connectivity index (χ2v) is 13.9. The number of hydrogen-bond acceptors (Lipinski definition) is 0. The summed E-state index contributed by atoms with van der Waals surface area (Å²) in [5, 5.41) is 0. The SMILES string of the molecule is C1=[CH][In]=[I]C=C1. The molecule has 0 N–H and O–H groups in total. The summed E-state index contributed by atoms with van der Waals surface area (Å²) < 4.78 is 4.79. The molecule has 0 bridgehead atoms. The van der Waals surface area contributed by atoms with Crippen molar-refractivity contribution < 1.29 is 0 Å². The molecule has 0 amide bonds. The molecule has 0 saturated heterocycles. The molecule has 1 heterocycles. The molecule has 0 nitrogen and oxygen atoms in total. The molecule has 0 fully saturated rings. The van der Waals surface area contributed by atoms with Crippen LogP contribution in [0.25, 0.3) is 0 Å². The summed E-state index contributed by atoms with van der Waals surface area (Å²) in [5.74, 6) is 0. The van der Waals surface area contributed by atoms with Gasteiger partial charge in [-0.1, -0.05) is 0 Å². The molecule has 0 saturated carbocycles. The molecular formula is C4H4IIn. The fourth-order valence-corrected chi connectivity index (χ4v) is 8.27. The first-order valence-electron chi connectivity index (χ1n) is 1.77. The van der Waals surface area contributed by atoms with E-state index in [2.05, 4.69) is 20.1 Å². The van der Waals surface area contributed by atoms with Gasteiger partial charge in [-0.3, -0.25) is 0 Å². The summed E-state index contributed by atoms with van der Waals surface area (Å²) in [6, 6.07) is 0. The van der Waals surface area contributed by atoms with Gasteiger partial charge in [-0.05, 0) is 0 Å². The predicted octanol–water partition coefficient (Wildman–Crippen LogP) is 1.62. The Labute approximate surface area is 53.6 Å². The topological polar surface area (TPSA) is 0 Å². The summed E-state index contributed by atoms with van der Waals surface area (Å²) in [7, 11) is 0. The van der Waals surface area contributed by atoms with Crippen LogP contribution >= 0.6 is 16.1 Å². The van der Waals surface area contributed by atoms with Crippen molar-refractivity contribution in [3.05, 3.63) is 20.1 Å². The third-order valence-electron chi connectivity index (χ3n) is 0.513. The van der Waals surface area contributed by atoms with E-state index in [1.54, 1.807) is 0 Å². The third kappa shape index (κ3) is 1.69. The van der Waals surface area contributed by atoms with Crippen molar-refractivity contribution in [3.63, 3.8) is 0 Å². The van der Waals surface area contributed by atoms with Crippen LogP contribution < -0.4 is 0 Å². The normalized spacial score (nSPS) is 16.0. The molecular weight excluding hydrogens is 290 g/mol. The monoisotopic (exact) mass is 294 g/mol. The van der Waals surface area contributed by atoms with E-state index in [9.17, 15) is 0 Å². The van der Waals surface area contributed by atoms with Gasteiger partial charge in [0.05, 0.1) is 0 Å². The molecule has 0 unspecified atom stereocenters. The molecule has 0 radical (unpaired) electrons. The Morgan fingerprint density at radius 2 is 2.33 bits per heavy atom. The van der Waals surface area contributed by atoms with E-state index in [0.717, 1.165) is 0 Å². The van der Waals surface area contributed by atoms with Gasteiger partial charge in [0.15, 0.2) is 0 Å². The number of allylic oxidation sites excluding steroid dienone is 2. The summed E-state index contributed by atoms with van der Waals surface area (Å²) >= 11 is 0.624. The molecule has 0 aromatic rings. The van der Waals surface area contributed by atoms with E-state index in [-0.39, 0.29) is 18.1 Å². The Hall–Kier alpha value is 1.08. The van der Waals surface area contributed by atoms with Gasteiger partial charge in [-0.25, -0.2) is 0 Å². The Bertz CT molecular complexity index is 76.9. The summed E-state index contributed by atoms with van der Waals surface area (Å²) in [6.45, 7) is 0. The second-order valence-electron chi connectivity index (χ2n) is 0.955. The van der Waals surface area contributed by atoms with Crippen molar-refractivity contribution in [1.82, 2.24) is 0 Å². The first kappa shape index (κ1) is 5.22. The third-order valence-corrected chi connectivity index (χ3v) is 11.2. The maximum absolute atomic E-state index is 2.42. The van der Waals surface area contributed by atoms with E-state index in [0.29, 0.717) is 16.1 Å². The molecule has 0 aromatic carbocycles. The van der Waals surface area contributed by atoms with Gasteiger partial charge in [-0.15, -0.1) is 0 Å².